The molecule has 2 aliphatic heterocycles. The molecule has 2 aliphatic rings. The van der Waals surface area contributed by atoms with Crippen molar-refractivity contribution in [3.05, 3.63) is 34.6 Å². The molecule has 37 heavy (non-hydrogen) atoms. The number of benzene rings is 1. The number of amides is 3. The molecule has 11 heteroatoms. The Morgan fingerprint density at radius 3 is 2.81 bits per heavy atom. The van der Waals surface area contributed by atoms with E-state index < -0.39 is 18.0 Å². The zero-order valence-electron chi connectivity index (χ0n) is 21.8. The molecule has 4 atom stereocenters. The zero-order valence-corrected chi connectivity index (χ0v) is 22.5. The van der Waals surface area contributed by atoms with Crippen molar-refractivity contribution in [2.24, 2.45) is 11.8 Å². The molecular weight excluding hydrogens is 503 g/mol. The Hall–Kier alpha value is -2.14. The number of ether oxygens (including phenoxy) is 3. The van der Waals surface area contributed by atoms with Crippen LogP contribution in [0.5, 0.6) is 0 Å². The number of piperidine rings is 1. The van der Waals surface area contributed by atoms with Gasteiger partial charge in [-0.1, -0.05) is 11.6 Å². The van der Waals surface area contributed by atoms with E-state index in [1.165, 1.54) is 19.2 Å². The van der Waals surface area contributed by atoms with Crippen molar-refractivity contribution in [2.75, 3.05) is 60.2 Å². The average Bonchev–Trinajstić information content (AvgIpc) is 2.88. The van der Waals surface area contributed by atoms with Crippen molar-refractivity contribution >= 4 is 23.7 Å². The van der Waals surface area contributed by atoms with Crippen molar-refractivity contribution in [1.29, 1.82) is 0 Å². The van der Waals surface area contributed by atoms with E-state index >= 15 is 0 Å². The van der Waals surface area contributed by atoms with Gasteiger partial charge in [-0.05, 0) is 68.8 Å². The SMILES string of the molecule is CNCC(CC1CCCOC1)NC(=O)N1CCC[C@@H]([C@@H](OCCNC(=O)OC)c2cc(F)cc(Cl)c2)C1. The molecule has 2 heterocycles. The Balaban J connectivity index is 1.65. The average molecular weight is 543 g/mol. The molecule has 3 rings (SSSR count). The van der Waals surface area contributed by atoms with Gasteiger partial charge in [-0.2, -0.15) is 0 Å². The van der Waals surface area contributed by atoms with Gasteiger partial charge in [-0.15, -0.1) is 0 Å². The van der Waals surface area contributed by atoms with Gasteiger partial charge < -0.3 is 35.1 Å². The summed E-state index contributed by atoms with van der Waals surface area (Å²) in [6.07, 6.45) is 3.60. The number of nitrogens with one attached hydrogen (secondary N) is 3. The Morgan fingerprint density at radius 1 is 1.27 bits per heavy atom. The number of halogens is 2. The lowest BCUT2D eigenvalue weighted by molar-refractivity contribution is -0.00888. The number of likely N-dealkylation sites (N-methyl/N-ethyl adjacent to an activating group) is 1. The normalized spacial score (nSPS) is 21.7. The second-order valence-corrected chi connectivity index (χ2v) is 10.2. The maximum absolute atomic E-state index is 14.2. The molecule has 2 saturated heterocycles. The second-order valence-electron chi connectivity index (χ2n) is 9.78. The van der Waals surface area contributed by atoms with Gasteiger partial charge in [0.25, 0.3) is 0 Å². The van der Waals surface area contributed by atoms with Crippen molar-refractivity contribution < 1.29 is 28.2 Å². The van der Waals surface area contributed by atoms with Crippen LogP contribution in [0.2, 0.25) is 5.02 Å². The summed E-state index contributed by atoms with van der Waals surface area (Å²) in [5, 5.41) is 9.26. The maximum Gasteiger partial charge on any atom is 0.406 e. The number of hydrogen-bond acceptors (Lipinski definition) is 6. The largest absolute Gasteiger partial charge is 0.453 e. The summed E-state index contributed by atoms with van der Waals surface area (Å²) in [5.41, 5.74) is 0.612. The molecular formula is C26H40ClFN4O5. The topological polar surface area (TPSA) is 101 Å². The van der Waals surface area contributed by atoms with Gasteiger partial charge in [0, 0.05) is 56.4 Å². The van der Waals surface area contributed by atoms with Crippen LogP contribution in [0.25, 0.3) is 0 Å². The van der Waals surface area contributed by atoms with Crippen LogP contribution in [0.15, 0.2) is 18.2 Å². The highest BCUT2D eigenvalue weighted by Crippen LogP contribution is 2.34. The Labute approximate surface area is 223 Å². The van der Waals surface area contributed by atoms with E-state index in [4.69, 9.17) is 21.1 Å². The fourth-order valence-corrected chi connectivity index (χ4v) is 5.43. The van der Waals surface area contributed by atoms with Crippen LogP contribution < -0.4 is 16.0 Å². The predicted octanol–water partition coefficient (Wildman–Crippen LogP) is 3.72. The first-order valence-electron chi connectivity index (χ1n) is 13.1. The lowest BCUT2D eigenvalue weighted by Gasteiger charge is -2.38. The van der Waals surface area contributed by atoms with E-state index in [1.807, 2.05) is 11.9 Å². The van der Waals surface area contributed by atoms with Crippen LogP contribution in [0, 0.1) is 17.7 Å². The smallest absolute Gasteiger partial charge is 0.406 e. The molecule has 0 radical (unpaired) electrons. The molecule has 0 aliphatic carbocycles. The first-order valence-corrected chi connectivity index (χ1v) is 13.4. The molecule has 3 amide bonds. The number of rotatable bonds is 11. The molecule has 1 aromatic rings. The predicted molar refractivity (Wildman–Crippen MR) is 139 cm³/mol. The number of urea groups is 1. The summed E-state index contributed by atoms with van der Waals surface area (Å²) < 4.78 is 30.6. The van der Waals surface area contributed by atoms with Gasteiger partial charge in [-0.3, -0.25) is 0 Å². The molecule has 208 valence electrons. The van der Waals surface area contributed by atoms with Gasteiger partial charge >= 0.3 is 12.1 Å². The lowest BCUT2D eigenvalue weighted by Crippen LogP contribution is -2.52. The van der Waals surface area contributed by atoms with Gasteiger partial charge in [0.2, 0.25) is 0 Å². The van der Waals surface area contributed by atoms with Crippen LogP contribution in [-0.2, 0) is 14.2 Å². The summed E-state index contributed by atoms with van der Waals surface area (Å²) in [6, 6.07) is 4.25. The lowest BCUT2D eigenvalue weighted by atomic mass is 9.88. The van der Waals surface area contributed by atoms with Crippen molar-refractivity contribution in [3.63, 3.8) is 0 Å². The third-order valence-corrected chi connectivity index (χ3v) is 7.11. The Morgan fingerprint density at radius 2 is 2.11 bits per heavy atom. The van der Waals surface area contributed by atoms with E-state index in [0.29, 0.717) is 31.1 Å². The third-order valence-electron chi connectivity index (χ3n) is 6.89. The molecule has 1 aromatic carbocycles. The fourth-order valence-electron chi connectivity index (χ4n) is 5.20. The Bertz CT molecular complexity index is 853. The first-order chi connectivity index (χ1) is 17.9. The third kappa shape index (κ3) is 9.59. The fraction of sp³-hybridized carbons (Fsp3) is 0.692. The first kappa shape index (κ1) is 29.4. The monoisotopic (exact) mass is 542 g/mol. The van der Waals surface area contributed by atoms with E-state index in [1.54, 1.807) is 6.07 Å². The van der Waals surface area contributed by atoms with Gasteiger partial charge in [0.1, 0.15) is 5.82 Å². The molecule has 2 unspecified atom stereocenters. The highest BCUT2D eigenvalue weighted by atomic mass is 35.5. The summed E-state index contributed by atoms with van der Waals surface area (Å²) >= 11 is 6.14. The number of nitrogens with zero attached hydrogens (tertiary/aromatic N) is 1. The van der Waals surface area contributed by atoms with Crippen LogP contribution in [0.4, 0.5) is 14.0 Å². The highest BCUT2D eigenvalue weighted by molar-refractivity contribution is 6.30. The number of hydrogen-bond donors (Lipinski definition) is 3. The number of carbonyl (C=O) groups excluding carboxylic acids is 2. The van der Waals surface area contributed by atoms with Gasteiger partial charge in [-0.25, -0.2) is 14.0 Å². The number of methoxy groups -OCH3 is 1. The molecule has 0 bridgehead atoms. The maximum atomic E-state index is 14.2. The summed E-state index contributed by atoms with van der Waals surface area (Å²) in [5.74, 6) is -0.0728. The van der Waals surface area contributed by atoms with E-state index in [9.17, 15) is 14.0 Å². The van der Waals surface area contributed by atoms with E-state index in [0.717, 1.165) is 45.3 Å². The van der Waals surface area contributed by atoms with Crippen LogP contribution in [0.1, 0.15) is 43.8 Å². The number of likely N-dealkylation sites (tertiary alicyclic amines) is 1. The molecule has 0 saturated carbocycles. The van der Waals surface area contributed by atoms with Crippen LogP contribution in [0.3, 0.4) is 0 Å². The van der Waals surface area contributed by atoms with Crippen LogP contribution in [-0.4, -0.2) is 83.2 Å². The molecule has 2 fully saturated rings. The minimum Gasteiger partial charge on any atom is -0.453 e. The molecule has 9 nitrogen and oxygen atoms in total. The minimum absolute atomic E-state index is 0.00282. The van der Waals surface area contributed by atoms with Gasteiger partial charge in [0.15, 0.2) is 0 Å². The quantitative estimate of drug-likeness (QED) is 0.368. The second kappa shape index (κ2) is 15.3. The standard InChI is InChI=1S/C26H40ClFN4O5/c1-29-15-23(11-18-5-4-9-36-17-18)31-25(33)32-8-3-6-19(16-32)24(37-10-7-30-26(34)35-2)20-12-21(27)14-22(28)13-20/h12-14,18-19,23-24,29H,3-11,15-17H2,1-2H3,(H,30,34)(H,31,33)/t18?,19-,23?,24-/m1/s1. The molecule has 3 N–H and O–H groups in total. The number of alkyl carbamates (subject to hydrolysis) is 1. The molecule has 0 aromatic heterocycles. The summed E-state index contributed by atoms with van der Waals surface area (Å²) in [7, 11) is 3.17. The molecule has 0 spiro atoms. The highest BCUT2D eigenvalue weighted by Gasteiger charge is 2.32. The Kier molecular flexibility index (Phi) is 12.2. The van der Waals surface area contributed by atoms with E-state index in [-0.39, 0.29) is 36.2 Å². The van der Waals surface area contributed by atoms with Crippen molar-refractivity contribution in [1.82, 2.24) is 20.9 Å². The summed E-state index contributed by atoms with van der Waals surface area (Å²) in [6.45, 7) is 3.77. The van der Waals surface area contributed by atoms with Gasteiger partial charge in [0.05, 0.1) is 19.8 Å². The van der Waals surface area contributed by atoms with E-state index in [2.05, 4.69) is 20.7 Å². The zero-order chi connectivity index (χ0) is 26.6. The van der Waals surface area contributed by atoms with Crippen LogP contribution >= 0.6 is 11.6 Å². The number of carbonyl (C=O) groups is 2. The van der Waals surface area contributed by atoms with Crippen molar-refractivity contribution in [2.45, 2.75) is 44.2 Å². The summed E-state index contributed by atoms with van der Waals surface area (Å²) in [4.78, 5) is 26.5. The minimum atomic E-state index is -0.551. The van der Waals surface area contributed by atoms with Crippen molar-refractivity contribution in [3.8, 4) is 0 Å².